The lowest BCUT2D eigenvalue weighted by Crippen LogP contribution is -2.46. The number of nitro groups is 1. The zero-order chi connectivity index (χ0) is 16.2. The molecule has 0 radical (unpaired) electrons. The molecule has 0 spiro atoms. The maximum Gasteiger partial charge on any atom is 0.326 e. The van der Waals surface area contributed by atoms with Crippen LogP contribution in [0.25, 0.3) is 0 Å². The molecule has 2 N–H and O–H groups in total. The number of aliphatic carboxylic acids is 1. The third-order valence-corrected chi connectivity index (χ3v) is 2.74. The molecule has 1 rings (SSSR count). The first-order chi connectivity index (χ1) is 9.72. The lowest BCUT2D eigenvalue weighted by Gasteiger charge is -2.18. The van der Waals surface area contributed by atoms with Crippen molar-refractivity contribution >= 4 is 17.6 Å². The number of carboxylic acids is 1. The van der Waals surface area contributed by atoms with Crippen molar-refractivity contribution in [1.82, 2.24) is 9.88 Å². The van der Waals surface area contributed by atoms with Crippen molar-refractivity contribution in [2.75, 3.05) is 0 Å². The quantitative estimate of drug-likeness (QED) is 0.560. The summed E-state index contributed by atoms with van der Waals surface area (Å²) in [5.41, 5.74) is -0.923. The normalized spacial score (nSPS) is 12.0. The van der Waals surface area contributed by atoms with Gasteiger partial charge in [0.1, 0.15) is 12.6 Å². The maximum atomic E-state index is 11.8. The van der Waals surface area contributed by atoms with E-state index >= 15 is 0 Å². The number of amides is 1. The van der Waals surface area contributed by atoms with Crippen LogP contribution in [0.1, 0.15) is 13.8 Å². The fourth-order valence-electron chi connectivity index (χ4n) is 1.64. The van der Waals surface area contributed by atoms with Crippen LogP contribution in [-0.4, -0.2) is 32.5 Å². The molecule has 21 heavy (non-hydrogen) atoms. The van der Waals surface area contributed by atoms with Crippen LogP contribution < -0.4 is 10.9 Å². The molecule has 1 atom stereocenters. The van der Waals surface area contributed by atoms with Gasteiger partial charge in [0.25, 0.3) is 11.2 Å². The predicted molar refractivity (Wildman–Crippen MR) is 71.8 cm³/mol. The number of rotatable bonds is 6. The molecule has 114 valence electrons. The van der Waals surface area contributed by atoms with Gasteiger partial charge in [0, 0.05) is 12.1 Å². The summed E-state index contributed by atoms with van der Waals surface area (Å²) in [6.45, 7) is 2.76. The molecule has 0 saturated carbocycles. The van der Waals surface area contributed by atoms with Crippen LogP contribution in [0, 0.1) is 16.0 Å². The Labute approximate surface area is 119 Å². The number of carbonyl (C=O) groups excluding carboxylic acids is 1. The third-order valence-electron chi connectivity index (χ3n) is 2.74. The Balaban J connectivity index is 2.88. The minimum atomic E-state index is -1.19. The number of hydrogen-bond acceptors (Lipinski definition) is 5. The average molecular weight is 297 g/mol. The van der Waals surface area contributed by atoms with Gasteiger partial charge >= 0.3 is 5.97 Å². The van der Waals surface area contributed by atoms with Crippen molar-refractivity contribution in [2.45, 2.75) is 26.4 Å². The van der Waals surface area contributed by atoms with Crippen molar-refractivity contribution in [2.24, 2.45) is 5.92 Å². The van der Waals surface area contributed by atoms with E-state index < -0.39 is 34.9 Å². The van der Waals surface area contributed by atoms with E-state index in [0.29, 0.717) is 0 Å². The topological polar surface area (TPSA) is 132 Å². The van der Waals surface area contributed by atoms with E-state index in [1.54, 1.807) is 13.8 Å². The molecule has 9 nitrogen and oxygen atoms in total. The molecule has 9 heteroatoms. The summed E-state index contributed by atoms with van der Waals surface area (Å²) in [6, 6.07) is 0.917. The molecule has 1 aromatic heterocycles. The summed E-state index contributed by atoms with van der Waals surface area (Å²) in [4.78, 5) is 44.2. The second kappa shape index (κ2) is 6.64. The molecule has 0 saturated heterocycles. The fourth-order valence-corrected chi connectivity index (χ4v) is 1.64. The summed E-state index contributed by atoms with van der Waals surface area (Å²) in [6.07, 6.45) is 0.938. The van der Waals surface area contributed by atoms with Gasteiger partial charge in [-0.2, -0.15) is 0 Å². The molecule has 0 bridgehead atoms. The molecule has 0 aliphatic heterocycles. The van der Waals surface area contributed by atoms with Crippen LogP contribution in [0.3, 0.4) is 0 Å². The Kier molecular flexibility index (Phi) is 5.17. The number of nitrogens with zero attached hydrogens (tertiary/aromatic N) is 2. The number of aromatic nitrogens is 1. The molecule has 1 aromatic rings. The number of carbonyl (C=O) groups is 2. The average Bonchev–Trinajstić information content (AvgIpc) is 2.37. The standard InChI is InChI=1S/C12H15N3O6/c1-7(2)11(12(18)19)13-9(16)6-14-5-8(15(20)21)3-4-10(14)17/h3-5,7,11H,6H2,1-2H3,(H,13,16)(H,18,19)/t11-/m1/s1. The molecular weight excluding hydrogens is 282 g/mol. The minimum absolute atomic E-state index is 0.332. The Morgan fingerprint density at radius 1 is 1.43 bits per heavy atom. The van der Waals surface area contributed by atoms with Crippen molar-refractivity contribution in [3.63, 3.8) is 0 Å². The highest BCUT2D eigenvalue weighted by atomic mass is 16.6. The van der Waals surface area contributed by atoms with Gasteiger partial charge in [0.15, 0.2) is 0 Å². The number of hydrogen-bond donors (Lipinski definition) is 2. The minimum Gasteiger partial charge on any atom is -0.480 e. The van der Waals surface area contributed by atoms with Crippen LogP contribution in [-0.2, 0) is 16.1 Å². The predicted octanol–water partition coefficient (Wildman–Crippen LogP) is -0.0181. The first kappa shape index (κ1) is 16.3. The number of carboxylic acid groups (broad SMARTS) is 1. The van der Waals surface area contributed by atoms with Crippen molar-refractivity contribution in [3.8, 4) is 0 Å². The van der Waals surface area contributed by atoms with E-state index in [1.165, 1.54) is 0 Å². The third kappa shape index (κ3) is 4.41. The van der Waals surface area contributed by atoms with Gasteiger partial charge in [0.2, 0.25) is 5.91 Å². The van der Waals surface area contributed by atoms with Gasteiger partial charge in [0.05, 0.1) is 11.1 Å². The van der Waals surface area contributed by atoms with E-state index in [2.05, 4.69) is 5.32 Å². The molecule has 0 aromatic carbocycles. The molecule has 0 aliphatic carbocycles. The van der Waals surface area contributed by atoms with Gasteiger partial charge < -0.3 is 10.4 Å². The monoisotopic (exact) mass is 297 g/mol. The molecule has 1 heterocycles. The Bertz CT molecular complexity index is 622. The largest absolute Gasteiger partial charge is 0.480 e. The molecule has 0 fully saturated rings. The highest BCUT2D eigenvalue weighted by molar-refractivity contribution is 5.83. The maximum absolute atomic E-state index is 11.8. The summed E-state index contributed by atoms with van der Waals surface area (Å²) in [7, 11) is 0. The van der Waals surface area contributed by atoms with Crippen LogP contribution in [0.5, 0.6) is 0 Å². The molecule has 0 aliphatic rings. The zero-order valence-corrected chi connectivity index (χ0v) is 11.5. The SMILES string of the molecule is CC(C)[C@@H](NC(=O)Cn1cc([N+](=O)[O-])ccc1=O)C(=O)O. The Morgan fingerprint density at radius 3 is 2.52 bits per heavy atom. The lowest BCUT2D eigenvalue weighted by molar-refractivity contribution is -0.385. The summed E-state index contributed by atoms with van der Waals surface area (Å²) in [5.74, 6) is -2.24. The van der Waals surface area contributed by atoms with E-state index in [0.717, 1.165) is 22.9 Å². The van der Waals surface area contributed by atoms with E-state index in [9.17, 15) is 24.5 Å². The molecule has 1 amide bonds. The summed E-state index contributed by atoms with van der Waals surface area (Å²) < 4.78 is 0.854. The van der Waals surface area contributed by atoms with Gasteiger partial charge in [-0.25, -0.2) is 4.79 Å². The second-order valence-corrected chi connectivity index (χ2v) is 4.74. The van der Waals surface area contributed by atoms with Crippen molar-refractivity contribution in [1.29, 1.82) is 0 Å². The first-order valence-corrected chi connectivity index (χ1v) is 6.09. The summed E-state index contributed by atoms with van der Waals surface area (Å²) in [5, 5.41) is 21.8. The lowest BCUT2D eigenvalue weighted by atomic mass is 10.1. The first-order valence-electron chi connectivity index (χ1n) is 6.09. The van der Waals surface area contributed by atoms with Crippen LogP contribution >= 0.6 is 0 Å². The summed E-state index contributed by atoms with van der Waals surface area (Å²) >= 11 is 0. The van der Waals surface area contributed by atoms with Crippen LogP contribution in [0.2, 0.25) is 0 Å². The fraction of sp³-hybridized carbons (Fsp3) is 0.417. The Hall–Kier alpha value is -2.71. The van der Waals surface area contributed by atoms with Crippen molar-refractivity contribution in [3.05, 3.63) is 38.8 Å². The number of pyridine rings is 1. The van der Waals surface area contributed by atoms with Gasteiger partial charge in [-0.3, -0.25) is 24.3 Å². The van der Waals surface area contributed by atoms with Gasteiger partial charge in [-0.1, -0.05) is 13.8 Å². The number of nitrogens with one attached hydrogen (secondary N) is 1. The van der Waals surface area contributed by atoms with E-state index in [1.807, 2.05) is 0 Å². The highest BCUT2D eigenvalue weighted by Gasteiger charge is 2.23. The van der Waals surface area contributed by atoms with Crippen LogP contribution in [0.4, 0.5) is 5.69 Å². The van der Waals surface area contributed by atoms with E-state index in [-0.39, 0.29) is 11.6 Å². The molecular formula is C12H15N3O6. The van der Waals surface area contributed by atoms with Gasteiger partial charge in [-0.05, 0) is 5.92 Å². The van der Waals surface area contributed by atoms with Crippen LogP contribution in [0.15, 0.2) is 23.1 Å². The smallest absolute Gasteiger partial charge is 0.326 e. The highest BCUT2D eigenvalue weighted by Crippen LogP contribution is 2.06. The van der Waals surface area contributed by atoms with Crippen molar-refractivity contribution < 1.29 is 19.6 Å². The van der Waals surface area contributed by atoms with Gasteiger partial charge in [-0.15, -0.1) is 0 Å². The Morgan fingerprint density at radius 2 is 2.05 bits per heavy atom. The van der Waals surface area contributed by atoms with E-state index in [4.69, 9.17) is 5.11 Å². The zero-order valence-electron chi connectivity index (χ0n) is 11.5. The second-order valence-electron chi connectivity index (χ2n) is 4.74. The molecule has 0 unspecified atom stereocenters.